The van der Waals surface area contributed by atoms with Gasteiger partial charge in [0.2, 0.25) is 11.6 Å². The lowest BCUT2D eigenvalue weighted by molar-refractivity contribution is -0.112. The first-order chi connectivity index (χ1) is 10.5. The number of hydrogen-bond donors (Lipinski definition) is 1. The number of rotatable bonds is 0. The zero-order chi connectivity index (χ0) is 15.4. The van der Waals surface area contributed by atoms with Crippen molar-refractivity contribution in [3.63, 3.8) is 0 Å². The lowest BCUT2D eigenvalue weighted by Crippen LogP contribution is -2.29. The minimum atomic E-state index is -0.721. The standard InChI is InChI=1S/C18H10O4/c19-12-3-1-9-7-14-10(5-11(9)6-12)2-4-13-15(20)8-16(21)18(22)17(13)14/h1-2,4-8,20H,3H2. The highest BCUT2D eigenvalue weighted by Crippen LogP contribution is 2.29. The van der Waals surface area contributed by atoms with Crippen LogP contribution >= 0.6 is 0 Å². The van der Waals surface area contributed by atoms with E-state index in [1.807, 2.05) is 6.07 Å². The fourth-order valence-corrected chi connectivity index (χ4v) is 3.00. The number of benzene rings is 2. The summed E-state index contributed by atoms with van der Waals surface area (Å²) >= 11 is 0. The van der Waals surface area contributed by atoms with Gasteiger partial charge in [-0.3, -0.25) is 14.4 Å². The number of fused-ring (bicyclic) bond motifs is 4. The quantitative estimate of drug-likeness (QED) is 0.736. The Labute approximate surface area is 124 Å². The van der Waals surface area contributed by atoms with E-state index in [0.717, 1.165) is 21.9 Å². The number of carbonyl (C=O) groups is 3. The number of carbonyl (C=O) groups excluding carboxylic acids is 3. The molecule has 0 unspecified atom stereocenters. The van der Waals surface area contributed by atoms with Crippen molar-refractivity contribution >= 4 is 46.0 Å². The third-order valence-corrected chi connectivity index (χ3v) is 4.06. The predicted molar refractivity (Wildman–Crippen MR) is 81.7 cm³/mol. The Bertz CT molecular complexity index is 1050. The molecule has 0 bridgehead atoms. The van der Waals surface area contributed by atoms with Gasteiger partial charge in [0.1, 0.15) is 5.76 Å². The average molecular weight is 290 g/mol. The SMILES string of the molecule is O=C1C=c2cc3ccc4c(c3cc2=CC1)C(=O)C(=O)C=C4O. The molecular weight excluding hydrogens is 280 g/mol. The van der Waals surface area contributed by atoms with E-state index < -0.39 is 11.6 Å². The van der Waals surface area contributed by atoms with Gasteiger partial charge in [-0.05, 0) is 45.5 Å². The van der Waals surface area contributed by atoms with Gasteiger partial charge in [0, 0.05) is 23.6 Å². The second-order valence-corrected chi connectivity index (χ2v) is 5.43. The van der Waals surface area contributed by atoms with Gasteiger partial charge < -0.3 is 5.11 Å². The van der Waals surface area contributed by atoms with E-state index >= 15 is 0 Å². The molecule has 0 fully saturated rings. The summed E-state index contributed by atoms with van der Waals surface area (Å²) in [5.41, 5.74) is 0.600. The second-order valence-electron chi connectivity index (χ2n) is 5.43. The number of ketones is 3. The minimum Gasteiger partial charge on any atom is -0.507 e. The van der Waals surface area contributed by atoms with Crippen molar-refractivity contribution in [2.24, 2.45) is 0 Å². The second kappa shape index (κ2) is 4.24. The first-order valence-corrected chi connectivity index (χ1v) is 6.86. The highest BCUT2D eigenvalue weighted by atomic mass is 16.3. The maximum Gasteiger partial charge on any atom is 0.234 e. The van der Waals surface area contributed by atoms with Crippen LogP contribution in [0.1, 0.15) is 22.3 Å². The van der Waals surface area contributed by atoms with Gasteiger partial charge in [0.25, 0.3) is 0 Å². The molecule has 22 heavy (non-hydrogen) atoms. The van der Waals surface area contributed by atoms with E-state index in [-0.39, 0.29) is 17.1 Å². The molecule has 4 heteroatoms. The monoisotopic (exact) mass is 290 g/mol. The van der Waals surface area contributed by atoms with E-state index in [9.17, 15) is 19.5 Å². The van der Waals surface area contributed by atoms with Gasteiger partial charge in [0.05, 0.1) is 0 Å². The molecule has 2 aliphatic carbocycles. The van der Waals surface area contributed by atoms with Crippen LogP contribution in [-0.4, -0.2) is 22.5 Å². The number of allylic oxidation sites excluding steroid dienone is 1. The Morgan fingerprint density at radius 1 is 0.955 bits per heavy atom. The maximum atomic E-state index is 12.2. The summed E-state index contributed by atoms with van der Waals surface area (Å²) in [7, 11) is 0. The van der Waals surface area contributed by atoms with E-state index in [1.54, 1.807) is 30.4 Å². The van der Waals surface area contributed by atoms with Gasteiger partial charge >= 0.3 is 0 Å². The molecule has 0 heterocycles. The molecule has 106 valence electrons. The van der Waals surface area contributed by atoms with Crippen molar-refractivity contribution in [1.82, 2.24) is 0 Å². The fraction of sp³-hybridized carbons (Fsp3) is 0.0556. The van der Waals surface area contributed by atoms with Crippen LogP contribution in [0.25, 0.3) is 28.7 Å². The Kier molecular flexibility index (Phi) is 2.45. The van der Waals surface area contributed by atoms with Gasteiger partial charge in [-0.15, -0.1) is 0 Å². The molecule has 0 spiro atoms. The normalized spacial score (nSPS) is 16.5. The molecule has 4 rings (SSSR count). The molecule has 0 saturated carbocycles. The van der Waals surface area contributed by atoms with E-state index in [2.05, 4.69) is 0 Å². The zero-order valence-electron chi connectivity index (χ0n) is 11.4. The smallest absolute Gasteiger partial charge is 0.234 e. The van der Waals surface area contributed by atoms with Crippen LogP contribution in [0.5, 0.6) is 0 Å². The van der Waals surface area contributed by atoms with Crippen molar-refractivity contribution in [3.8, 4) is 0 Å². The number of Topliss-reactive ketones (excluding diaryl/α,β-unsaturated/α-hetero) is 2. The lowest BCUT2D eigenvalue weighted by Gasteiger charge is -2.15. The summed E-state index contributed by atoms with van der Waals surface area (Å²) in [5, 5.41) is 12.9. The van der Waals surface area contributed by atoms with Gasteiger partial charge in [0.15, 0.2) is 5.78 Å². The Morgan fingerprint density at radius 2 is 1.77 bits per heavy atom. The average Bonchev–Trinajstić information content (AvgIpc) is 2.49. The van der Waals surface area contributed by atoms with Crippen LogP contribution in [-0.2, 0) is 9.59 Å². The summed E-state index contributed by atoms with van der Waals surface area (Å²) in [4.78, 5) is 35.4. The third-order valence-electron chi connectivity index (χ3n) is 4.06. The molecule has 2 aliphatic rings. The predicted octanol–water partition coefficient (Wildman–Crippen LogP) is 1.04. The Morgan fingerprint density at radius 3 is 2.59 bits per heavy atom. The highest BCUT2D eigenvalue weighted by molar-refractivity contribution is 6.52. The van der Waals surface area contributed by atoms with Crippen LogP contribution in [0.2, 0.25) is 0 Å². The molecule has 0 saturated heterocycles. The Balaban J connectivity index is 2.17. The first kappa shape index (κ1) is 12.7. The zero-order valence-corrected chi connectivity index (χ0v) is 11.4. The molecular formula is C18H10O4. The minimum absolute atomic E-state index is 0.0386. The van der Waals surface area contributed by atoms with Crippen molar-refractivity contribution in [2.75, 3.05) is 0 Å². The van der Waals surface area contributed by atoms with Gasteiger partial charge in [-0.1, -0.05) is 12.1 Å². The number of aliphatic hydroxyl groups excluding tert-OH is 1. The molecule has 0 aromatic heterocycles. The molecule has 0 radical (unpaired) electrons. The van der Waals surface area contributed by atoms with Crippen molar-refractivity contribution in [1.29, 1.82) is 0 Å². The molecule has 0 aliphatic heterocycles. The van der Waals surface area contributed by atoms with Crippen molar-refractivity contribution < 1.29 is 19.5 Å². The third kappa shape index (κ3) is 1.67. The number of aliphatic hydroxyl groups is 1. The summed E-state index contributed by atoms with van der Waals surface area (Å²) in [6, 6.07) is 7.02. The van der Waals surface area contributed by atoms with Crippen LogP contribution in [0.3, 0.4) is 0 Å². The van der Waals surface area contributed by atoms with Gasteiger partial charge in [-0.25, -0.2) is 0 Å². The van der Waals surface area contributed by atoms with E-state index in [4.69, 9.17) is 0 Å². The lowest BCUT2D eigenvalue weighted by atomic mass is 9.88. The fourth-order valence-electron chi connectivity index (χ4n) is 3.00. The molecule has 0 atom stereocenters. The maximum absolute atomic E-state index is 12.2. The van der Waals surface area contributed by atoms with Crippen LogP contribution in [0.4, 0.5) is 0 Å². The van der Waals surface area contributed by atoms with Crippen LogP contribution < -0.4 is 10.4 Å². The first-order valence-electron chi connectivity index (χ1n) is 6.86. The van der Waals surface area contributed by atoms with Crippen LogP contribution in [0.15, 0.2) is 30.3 Å². The van der Waals surface area contributed by atoms with Crippen LogP contribution in [0, 0.1) is 0 Å². The molecule has 4 nitrogen and oxygen atoms in total. The highest BCUT2D eigenvalue weighted by Gasteiger charge is 2.27. The summed E-state index contributed by atoms with van der Waals surface area (Å²) < 4.78 is 0. The molecule has 1 N–H and O–H groups in total. The Hall–Kier alpha value is -3.01. The summed E-state index contributed by atoms with van der Waals surface area (Å²) in [6.45, 7) is 0. The largest absolute Gasteiger partial charge is 0.507 e. The molecule has 2 aromatic rings. The topological polar surface area (TPSA) is 71.4 Å². The summed E-state index contributed by atoms with van der Waals surface area (Å²) in [5.74, 6) is -1.49. The number of hydrogen-bond acceptors (Lipinski definition) is 4. The molecule has 2 aromatic carbocycles. The van der Waals surface area contributed by atoms with Crippen molar-refractivity contribution in [2.45, 2.75) is 6.42 Å². The van der Waals surface area contributed by atoms with E-state index in [0.29, 0.717) is 17.4 Å². The van der Waals surface area contributed by atoms with Gasteiger partial charge in [-0.2, -0.15) is 0 Å². The molecule has 0 amide bonds. The van der Waals surface area contributed by atoms with E-state index in [1.165, 1.54) is 0 Å². The van der Waals surface area contributed by atoms with Crippen molar-refractivity contribution in [3.05, 3.63) is 51.9 Å². The summed E-state index contributed by atoms with van der Waals surface area (Å²) in [6.07, 6.45) is 4.67.